The van der Waals surface area contributed by atoms with Crippen LogP contribution in [0, 0.1) is 5.92 Å². The Morgan fingerprint density at radius 1 is 1.40 bits per heavy atom. The first-order valence-corrected chi connectivity index (χ1v) is 5.79. The van der Waals surface area contributed by atoms with Crippen LogP contribution in [0.25, 0.3) is 0 Å². The van der Waals surface area contributed by atoms with Crippen LogP contribution < -0.4 is 5.73 Å². The van der Waals surface area contributed by atoms with E-state index in [1.54, 1.807) is 0 Å². The summed E-state index contributed by atoms with van der Waals surface area (Å²) in [6.07, 6.45) is 2.76. The molecule has 1 aliphatic heterocycles. The lowest BCUT2D eigenvalue weighted by molar-refractivity contribution is -0.133. The third-order valence-electron chi connectivity index (χ3n) is 2.86. The number of nitrogens with two attached hydrogens (primary N) is 1. The third-order valence-corrected chi connectivity index (χ3v) is 2.86. The summed E-state index contributed by atoms with van der Waals surface area (Å²) in [5, 5.41) is 0. The van der Waals surface area contributed by atoms with Crippen LogP contribution >= 0.6 is 0 Å². The standard InChI is InChI=1S/C11H22N2O2/c1-10-2-6-13(7-3-10)11(14)4-8-15-9-5-12/h10H,2-9,12H2,1H3. The van der Waals surface area contributed by atoms with Gasteiger partial charge in [-0.1, -0.05) is 6.92 Å². The zero-order chi connectivity index (χ0) is 11.1. The highest BCUT2D eigenvalue weighted by molar-refractivity contribution is 5.76. The van der Waals surface area contributed by atoms with Gasteiger partial charge in [0.2, 0.25) is 5.91 Å². The molecule has 0 spiro atoms. The second-order valence-electron chi connectivity index (χ2n) is 4.21. The first-order valence-electron chi connectivity index (χ1n) is 5.79. The number of carbonyl (C=O) groups is 1. The van der Waals surface area contributed by atoms with Crippen molar-refractivity contribution in [3.8, 4) is 0 Å². The Kier molecular flexibility index (Phi) is 5.65. The molecule has 0 atom stereocenters. The largest absolute Gasteiger partial charge is 0.380 e. The molecule has 0 unspecified atom stereocenters. The molecule has 15 heavy (non-hydrogen) atoms. The Hall–Kier alpha value is -0.610. The topological polar surface area (TPSA) is 55.6 Å². The maximum atomic E-state index is 11.7. The van der Waals surface area contributed by atoms with E-state index in [1.807, 2.05) is 4.90 Å². The number of hydrogen-bond donors (Lipinski definition) is 1. The Morgan fingerprint density at radius 2 is 2.07 bits per heavy atom. The molecular weight excluding hydrogens is 192 g/mol. The van der Waals surface area contributed by atoms with Gasteiger partial charge in [0.25, 0.3) is 0 Å². The predicted molar refractivity (Wildman–Crippen MR) is 59.5 cm³/mol. The van der Waals surface area contributed by atoms with Crippen molar-refractivity contribution in [2.75, 3.05) is 32.8 Å². The molecule has 1 amide bonds. The van der Waals surface area contributed by atoms with E-state index in [-0.39, 0.29) is 5.91 Å². The van der Waals surface area contributed by atoms with Gasteiger partial charge in [-0.2, -0.15) is 0 Å². The number of amides is 1. The number of carbonyl (C=O) groups excluding carboxylic acids is 1. The molecule has 4 nitrogen and oxygen atoms in total. The van der Waals surface area contributed by atoms with E-state index in [9.17, 15) is 4.79 Å². The van der Waals surface area contributed by atoms with Crippen molar-refractivity contribution in [3.63, 3.8) is 0 Å². The van der Waals surface area contributed by atoms with Crippen LogP contribution in [0.1, 0.15) is 26.2 Å². The summed E-state index contributed by atoms with van der Waals surface area (Å²) in [7, 11) is 0. The second-order valence-corrected chi connectivity index (χ2v) is 4.21. The fourth-order valence-electron chi connectivity index (χ4n) is 1.76. The summed E-state index contributed by atoms with van der Waals surface area (Å²) in [6, 6.07) is 0. The maximum absolute atomic E-state index is 11.7. The lowest BCUT2D eigenvalue weighted by Gasteiger charge is -2.30. The fourth-order valence-corrected chi connectivity index (χ4v) is 1.76. The summed E-state index contributed by atoms with van der Waals surface area (Å²) in [5.41, 5.74) is 5.28. The van der Waals surface area contributed by atoms with Crippen LogP contribution in [0.3, 0.4) is 0 Å². The Balaban J connectivity index is 2.11. The highest BCUT2D eigenvalue weighted by Gasteiger charge is 2.19. The predicted octanol–water partition coefficient (Wildman–Crippen LogP) is 0.610. The number of hydrogen-bond acceptors (Lipinski definition) is 3. The summed E-state index contributed by atoms with van der Waals surface area (Å²) >= 11 is 0. The minimum atomic E-state index is 0.221. The molecule has 1 saturated heterocycles. The molecular formula is C11H22N2O2. The Morgan fingerprint density at radius 3 is 2.67 bits per heavy atom. The first-order chi connectivity index (χ1) is 7.24. The van der Waals surface area contributed by atoms with E-state index in [0.29, 0.717) is 26.2 Å². The average Bonchev–Trinajstić information content (AvgIpc) is 2.25. The van der Waals surface area contributed by atoms with Crippen molar-refractivity contribution in [1.29, 1.82) is 0 Å². The fraction of sp³-hybridized carbons (Fsp3) is 0.909. The van der Waals surface area contributed by atoms with Gasteiger partial charge in [-0.3, -0.25) is 4.79 Å². The molecule has 0 aromatic heterocycles. The highest BCUT2D eigenvalue weighted by Crippen LogP contribution is 2.16. The summed E-state index contributed by atoms with van der Waals surface area (Å²) in [5.74, 6) is 0.987. The number of rotatable bonds is 5. The van der Waals surface area contributed by atoms with E-state index < -0.39 is 0 Å². The van der Waals surface area contributed by atoms with E-state index in [2.05, 4.69) is 6.92 Å². The van der Waals surface area contributed by atoms with Crippen molar-refractivity contribution in [1.82, 2.24) is 4.90 Å². The molecule has 1 fully saturated rings. The smallest absolute Gasteiger partial charge is 0.224 e. The van der Waals surface area contributed by atoms with Crippen molar-refractivity contribution < 1.29 is 9.53 Å². The van der Waals surface area contributed by atoms with Crippen LogP contribution in [0.4, 0.5) is 0 Å². The minimum absolute atomic E-state index is 0.221. The van der Waals surface area contributed by atoms with Crippen molar-refractivity contribution in [2.45, 2.75) is 26.2 Å². The van der Waals surface area contributed by atoms with Crippen LogP contribution in [0.5, 0.6) is 0 Å². The molecule has 1 rings (SSSR count). The molecule has 0 aliphatic carbocycles. The quantitative estimate of drug-likeness (QED) is 0.682. The van der Waals surface area contributed by atoms with E-state index >= 15 is 0 Å². The molecule has 0 aromatic rings. The van der Waals surface area contributed by atoms with E-state index in [1.165, 1.54) is 0 Å². The number of nitrogens with zero attached hydrogens (tertiary/aromatic N) is 1. The molecule has 0 bridgehead atoms. The van der Waals surface area contributed by atoms with Gasteiger partial charge in [-0.15, -0.1) is 0 Å². The van der Waals surface area contributed by atoms with Gasteiger partial charge in [0.15, 0.2) is 0 Å². The van der Waals surface area contributed by atoms with Crippen LogP contribution in [-0.2, 0) is 9.53 Å². The van der Waals surface area contributed by atoms with Crippen LogP contribution in [0.15, 0.2) is 0 Å². The zero-order valence-electron chi connectivity index (χ0n) is 9.58. The molecule has 4 heteroatoms. The number of piperidine rings is 1. The lowest BCUT2D eigenvalue weighted by Crippen LogP contribution is -2.38. The van der Waals surface area contributed by atoms with Gasteiger partial charge >= 0.3 is 0 Å². The van der Waals surface area contributed by atoms with Gasteiger partial charge in [0, 0.05) is 19.6 Å². The molecule has 0 saturated carbocycles. The van der Waals surface area contributed by atoms with Crippen molar-refractivity contribution in [3.05, 3.63) is 0 Å². The summed E-state index contributed by atoms with van der Waals surface area (Å²) < 4.78 is 5.19. The van der Waals surface area contributed by atoms with Gasteiger partial charge in [0.05, 0.1) is 19.6 Å². The first kappa shape index (κ1) is 12.5. The van der Waals surface area contributed by atoms with E-state index in [0.717, 1.165) is 31.8 Å². The van der Waals surface area contributed by atoms with Crippen LogP contribution in [0.2, 0.25) is 0 Å². The van der Waals surface area contributed by atoms with Gasteiger partial charge in [0.1, 0.15) is 0 Å². The van der Waals surface area contributed by atoms with Gasteiger partial charge in [-0.05, 0) is 18.8 Å². The average molecular weight is 214 g/mol. The van der Waals surface area contributed by atoms with Gasteiger partial charge < -0.3 is 15.4 Å². The maximum Gasteiger partial charge on any atom is 0.224 e. The Labute approximate surface area is 91.8 Å². The molecule has 0 aromatic carbocycles. The van der Waals surface area contributed by atoms with Crippen LogP contribution in [-0.4, -0.2) is 43.7 Å². The number of likely N-dealkylation sites (tertiary alicyclic amines) is 1. The second kappa shape index (κ2) is 6.80. The molecule has 1 heterocycles. The molecule has 2 N–H and O–H groups in total. The minimum Gasteiger partial charge on any atom is -0.380 e. The number of ether oxygens (including phenoxy) is 1. The molecule has 1 aliphatic rings. The SMILES string of the molecule is CC1CCN(C(=O)CCOCCN)CC1. The monoisotopic (exact) mass is 214 g/mol. The highest BCUT2D eigenvalue weighted by atomic mass is 16.5. The molecule has 0 radical (unpaired) electrons. The summed E-state index contributed by atoms with van der Waals surface area (Å²) in [6.45, 7) is 5.64. The normalized spacial score (nSPS) is 18.1. The lowest BCUT2D eigenvalue weighted by atomic mass is 9.99. The Bertz CT molecular complexity index is 189. The zero-order valence-corrected chi connectivity index (χ0v) is 9.58. The van der Waals surface area contributed by atoms with Crippen molar-refractivity contribution in [2.24, 2.45) is 11.7 Å². The van der Waals surface area contributed by atoms with E-state index in [4.69, 9.17) is 10.5 Å². The third kappa shape index (κ3) is 4.62. The van der Waals surface area contributed by atoms with Crippen molar-refractivity contribution >= 4 is 5.91 Å². The summed E-state index contributed by atoms with van der Waals surface area (Å²) in [4.78, 5) is 13.6. The molecule has 88 valence electrons. The van der Waals surface area contributed by atoms with Gasteiger partial charge in [-0.25, -0.2) is 0 Å².